The molecule has 0 bridgehead atoms. The molecule has 2 aromatic carbocycles. The molecule has 5 heteroatoms. The molecular weight excluding hydrogens is 287 g/mol. The van der Waals surface area contributed by atoms with Gasteiger partial charge in [0, 0.05) is 17.4 Å². The molecule has 0 aliphatic carbocycles. The van der Waals surface area contributed by atoms with E-state index in [1.165, 1.54) is 18.7 Å². The molecule has 0 saturated carbocycles. The summed E-state index contributed by atoms with van der Waals surface area (Å²) in [5, 5.41) is 6.46. The fourth-order valence-corrected chi connectivity index (χ4v) is 2.21. The van der Waals surface area contributed by atoms with Crippen molar-refractivity contribution in [3.8, 4) is 5.75 Å². The van der Waals surface area contributed by atoms with Crippen molar-refractivity contribution >= 4 is 28.7 Å². The van der Waals surface area contributed by atoms with Gasteiger partial charge in [0.2, 0.25) is 0 Å². The number of hydrogen-bond donors (Lipinski definition) is 2. The highest BCUT2D eigenvalue weighted by molar-refractivity contribution is 7.80. The Hall–Kier alpha value is -2.14. The van der Waals surface area contributed by atoms with Gasteiger partial charge in [-0.1, -0.05) is 17.7 Å². The van der Waals surface area contributed by atoms with Gasteiger partial charge in [-0.15, -0.1) is 0 Å². The first-order valence-electron chi connectivity index (χ1n) is 6.48. The van der Waals surface area contributed by atoms with Gasteiger partial charge in [-0.25, -0.2) is 4.39 Å². The molecule has 0 aliphatic heterocycles. The van der Waals surface area contributed by atoms with Gasteiger partial charge in [-0.05, 0) is 49.8 Å². The number of ether oxygens (including phenoxy) is 1. The molecule has 2 N–H and O–H groups in total. The van der Waals surface area contributed by atoms with E-state index in [9.17, 15) is 4.39 Å². The maximum atomic E-state index is 13.6. The third-order valence-electron chi connectivity index (χ3n) is 3.04. The zero-order valence-corrected chi connectivity index (χ0v) is 13.0. The second-order valence-electron chi connectivity index (χ2n) is 4.75. The first-order valence-corrected chi connectivity index (χ1v) is 6.89. The Morgan fingerprint density at radius 3 is 2.48 bits per heavy atom. The lowest BCUT2D eigenvalue weighted by Crippen LogP contribution is -2.19. The average Bonchev–Trinajstić information content (AvgIpc) is 2.42. The second-order valence-corrected chi connectivity index (χ2v) is 5.16. The van der Waals surface area contributed by atoms with E-state index >= 15 is 0 Å². The molecule has 2 rings (SSSR count). The summed E-state index contributed by atoms with van der Waals surface area (Å²) < 4.78 is 18.5. The molecule has 0 aromatic heterocycles. The predicted molar refractivity (Wildman–Crippen MR) is 88.7 cm³/mol. The Balaban J connectivity index is 2.06. The van der Waals surface area contributed by atoms with E-state index in [-0.39, 0.29) is 5.75 Å². The highest BCUT2D eigenvalue weighted by Gasteiger charge is 2.06. The summed E-state index contributed by atoms with van der Waals surface area (Å²) in [6.45, 7) is 4.04. The summed E-state index contributed by atoms with van der Waals surface area (Å²) >= 11 is 5.24. The van der Waals surface area contributed by atoms with Crippen molar-refractivity contribution in [3.05, 3.63) is 53.3 Å². The van der Waals surface area contributed by atoms with Crippen molar-refractivity contribution in [2.45, 2.75) is 13.8 Å². The molecule has 0 amide bonds. The van der Waals surface area contributed by atoms with Gasteiger partial charge < -0.3 is 15.4 Å². The van der Waals surface area contributed by atoms with Crippen LogP contribution in [-0.4, -0.2) is 12.2 Å². The van der Waals surface area contributed by atoms with Crippen molar-refractivity contribution in [2.75, 3.05) is 17.7 Å². The van der Waals surface area contributed by atoms with E-state index in [1.54, 1.807) is 12.1 Å². The number of rotatable bonds is 3. The molecule has 0 fully saturated rings. The number of halogens is 1. The number of thiocarbonyl (C=S) groups is 1. The van der Waals surface area contributed by atoms with Gasteiger partial charge in [-0.3, -0.25) is 0 Å². The van der Waals surface area contributed by atoms with Gasteiger partial charge in [-0.2, -0.15) is 0 Å². The Bertz CT molecular complexity index is 673. The normalized spacial score (nSPS) is 10.1. The van der Waals surface area contributed by atoms with E-state index < -0.39 is 5.82 Å². The molecule has 0 unspecified atom stereocenters. The van der Waals surface area contributed by atoms with Crippen molar-refractivity contribution in [3.63, 3.8) is 0 Å². The standard InChI is InChI=1S/C16H17FN2OS/c1-10-4-6-14(11(2)8-10)19-16(21)18-12-5-7-15(20-3)13(17)9-12/h4-9H,1-3H3,(H2,18,19,21). The van der Waals surface area contributed by atoms with Crippen LogP contribution < -0.4 is 15.4 Å². The summed E-state index contributed by atoms with van der Waals surface area (Å²) in [5.74, 6) is -0.231. The van der Waals surface area contributed by atoms with Gasteiger partial charge >= 0.3 is 0 Å². The Morgan fingerprint density at radius 1 is 1.10 bits per heavy atom. The monoisotopic (exact) mass is 304 g/mol. The molecule has 0 radical (unpaired) electrons. The van der Waals surface area contributed by atoms with Crippen molar-refractivity contribution in [1.82, 2.24) is 0 Å². The summed E-state index contributed by atoms with van der Waals surface area (Å²) in [4.78, 5) is 0. The van der Waals surface area contributed by atoms with Crippen LogP contribution in [0, 0.1) is 19.7 Å². The maximum Gasteiger partial charge on any atom is 0.175 e. The van der Waals surface area contributed by atoms with E-state index in [0.717, 1.165) is 11.3 Å². The lowest BCUT2D eigenvalue weighted by atomic mass is 10.1. The van der Waals surface area contributed by atoms with Gasteiger partial charge in [0.15, 0.2) is 16.7 Å². The lowest BCUT2D eigenvalue weighted by molar-refractivity contribution is 0.387. The number of hydrogen-bond acceptors (Lipinski definition) is 2. The smallest absolute Gasteiger partial charge is 0.175 e. The largest absolute Gasteiger partial charge is 0.494 e. The molecule has 110 valence electrons. The number of anilines is 2. The fraction of sp³-hybridized carbons (Fsp3) is 0.188. The van der Waals surface area contributed by atoms with Crippen molar-refractivity contribution in [2.24, 2.45) is 0 Å². The van der Waals surface area contributed by atoms with Crippen LogP contribution in [0.2, 0.25) is 0 Å². The van der Waals surface area contributed by atoms with Crippen LogP contribution in [0.25, 0.3) is 0 Å². The summed E-state index contributed by atoms with van der Waals surface area (Å²) in [6, 6.07) is 10.6. The van der Waals surface area contributed by atoms with E-state index in [4.69, 9.17) is 17.0 Å². The molecule has 0 aliphatic rings. The topological polar surface area (TPSA) is 33.3 Å². The van der Waals surface area contributed by atoms with Crippen LogP contribution in [0.15, 0.2) is 36.4 Å². The number of aryl methyl sites for hydroxylation is 2. The van der Waals surface area contributed by atoms with Crippen LogP contribution in [0.3, 0.4) is 0 Å². The van der Waals surface area contributed by atoms with E-state index in [1.807, 2.05) is 26.0 Å². The van der Waals surface area contributed by atoms with Crippen molar-refractivity contribution in [1.29, 1.82) is 0 Å². The molecule has 21 heavy (non-hydrogen) atoms. The van der Waals surface area contributed by atoms with Gasteiger partial charge in [0.1, 0.15) is 0 Å². The Morgan fingerprint density at radius 2 is 1.86 bits per heavy atom. The van der Waals surface area contributed by atoms with Crippen LogP contribution in [0.1, 0.15) is 11.1 Å². The van der Waals surface area contributed by atoms with Crippen LogP contribution >= 0.6 is 12.2 Å². The van der Waals surface area contributed by atoms with Crippen LogP contribution in [-0.2, 0) is 0 Å². The zero-order chi connectivity index (χ0) is 15.4. The maximum absolute atomic E-state index is 13.6. The number of nitrogens with one attached hydrogen (secondary N) is 2. The van der Waals surface area contributed by atoms with Gasteiger partial charge in [0.05, 0.1) is 7.11 Å². The summed E-state index contributed by atoms with van der Waals surface area (Å²) in [7, 11) is 1.43. The third-order valence-corrected chi connectivity index (χ3v) is 3.24. The average molecular weight is 304 g/mol. The van der Waals surface area contributed by atoms with E-state index in [2.05, 4.69) is 16.7 Å². The number of methoxy groups -OCH3 is 1. The van der Waals surface area contributed by atoms with Gasteiger partial charge in [0.25, 0.3) is 0 Å². The Kier molecular flexibility index (Phi) is 4.75. The zero-order valence-electron chi connectivity index (χ0n) is 12.2. The highest BCUT2D eigenvalue weighted by Crippen LogP contribution is 2.21. The molecule has 0 heterocycles. The van der Waals surface area contributed by atoms with E-state index in [0.29, 0.717) is 10.8 Å². The lowest BCUT2D eigenvalue weighted by Gasteiger charge is -2.13. The summed E-state index contributed by atoms with van der Waals surface area (Å²) in [5.41, 5.74) is 3.77. The quantitative estimate of drug-likeness (QED) is 0.830. The molecule has 0 saturated heterocycles. The SMILES string of the molecule is COc1ccc(NC(=S)Nc2ccc(C)cc2C)cc1F. The highest BCUT2D eigenvalue weighted by atomic mass is 32.1. The minimum absolute atomic E-state index is 0.203. The van der Waals surface area contributed by atoms with Crippen molar-refractivity contribution < 1.29 is 9.13 Å². The fourth-order valence-electron chi connectivity index (χ4n) is 1.98. The minimum Gasteiger partial charge on any atom is -0.494 e. The summed E-state index contributed by atoms with van der Waals surface area (Å²) in [6.07, 6.45) is 0. The predicted octanol–water partition coefficient (Wildman–Crippen LogP) is 4.26. The molecule has 0 spiro atoms. The molecule has 2 aromatic rings. The van der Waals surface area contributed by atoms with Crippen LogP contribution in [0.5, 0.6) is 5.75 Å². The van der Waals surface area contributed by atoms with Crippen LogP contribution in [0.4, 0.5) is 15.8 Å². The number of benzene rings is 2. The first kappa shape index (κ1) is 15.3. The minimum atomic E-state index is -0.434. The third kappa shape index (κ3) is 3.92. The Labute approximate surface area is 129 Å². The molecular formula is C16H17FN2OS. The molecule has 3 nitrogen and oxygen atoms in total. The first-order chi connectivity index (χ1) is 9.99. The second kappa shape index (κ2) is 6.54. The molecule has 0 atom stereocenters.